The first-order chi connectivity index (χ1) is 9.59. The van der Waals surface area contributed by atoms with Gasteiger partial charge in [-0.05, 0) is 46.3 Å². The Morgan fingerprint density at radius 1 is 1.33 bits per heavy atom. The highest BCUT2D eigenvalue weighted by atomic mass is 79.9. The number of hydrogen-bond acceptors (Lipinski definition) is 4. The average molecular weight is 444 g/mol. The van der Waals surface area contributed by atoms with Crippen molar-refractivity contribution in [2.45, 2.75) is 31.6 Å². The zero-order valence-corrected chi connectivity index (χ0v) is 16.0. The molecule has 5 nitrogen and oxygen atoms in total. The van der Waals surface area contributed by atoms with Gasteiger partial charge >= 0.3 is 0 Å². The second-order valence-corrected chi connectivity index (χ2v) is 9.10. The number of aliphatic hydroxyl groups excluding tert-OH is 1. The summed E-state index contributed by atoms with van der Waals surface area (Å²) in [5, 5.41) is 8.87. The molecule has 0 spiro atoms. The summed E-state index contributed by atoms with van der Waals surface area (Å²) in [6, 6.07) is 3.19. The van der Waals surface area contributed by atoms with Crippen molar-refractivity contribution in [1.29, 1.82) is 0 Å². The van der Waals surface area contributed by atoms with E-state index in [9.17, 15) is 8.42 Å². The van der Waals surface area contributed by atoms with Crippen LogP contribution in [0, 0.1) is 5.41 Å². The van der Waals surface area contributed by atoms with Crippen LogP contribution in [0.5, 0.6) is 0 Å². The van der Waals surface area contributed by atoms with Gasteiger partial charge in [-0.3, -0.25) is 0 Å². The minimum atomic E-state index is -3.70. The van der Waals surface area contributed by atoms with Crippen molar-refractivity contribution in [3.63, 3.8) is 0 Å². The Bertz CT molecular complexity index is 580. The fourth-order valence-corrected chi connectivity index (χ4v) is 5.18. The van der Waals surface area contributed by atoms with Crippen LogP contribution in [-0.2, 0) is 10.0 Å². The van der Waals surface area contributed by atoms with E-state index in [0.717, 1.165) is 6.42 Å². The maximum absolute atomic E-state index is 12.4. The largest absolute Gasteiger partial charge is 0.398 e. The molecule has 0 bridgehead atoms. The molecule has 1 aromatic carbocycles. The van der Waals surface area contributed by atoms with Crippen molar-refractivity contribution in [3.8, 4) is 0 Å². The lowest BCUT2D eigenvalue weighted by Gasteiger charge is -2.25. The van der Waals surface area contributed by atoms with Gasteiger partial charge in [0.05, 0.1) is 5.69 Å². The number of hydrogen-bond donors (Lipinski definition) is 3. The van der Waals surface area contributed by atoms with Crippen molar-refractivity contribution < 1.29 is 13.5 Å². The lowest BCUT2D eigenvalue weighted by atomic mass is 9.88. The van der Waals surface area contributed by atoms with E-state index in [2.05, 4.69) is 36.6 Å². The van der Waals surface area contributed by atoms with Crippen LogP contribution < -0.4 is 10.5 Å². The van der Waals surface area contributed by atoms with E-state index in [1.54, 1.807) is 12.1 Å². The second kappa shape index (κ2) is 7.41. The van der Waals surface area contributed by atoms with Gasteiger partial charge in [-0.1, -0.05) is 29.8 Å². The monoisotopic (exact) mass is 442 g/mol. The molecule has 0 aliphatic heterocycles. The molecule has 0 saturated carbocycles. The van der Waals surface area contributed by atoms with E-state index in [1.807, 2.05) is 13.8 Å². The summed E-state index contributed by atoms with van der Waals surface area (Å²) in [5.41, 5.74) is 5.75. The number of anilines is 1. The number of sulfonamides is 1. The fraction of sp³-hybridized carbons (Fsp3) is 0.538. The number of nitrogens with two attached hydrogens (primary N) is 1. The molecule has 0 saturated heterocycles. The molecular formula is C13H20Br2N2O3S. The van der Waals surface area contributed by atoms with Crippen molar-refractivity contribution >= 4 is 47.6 Å². The van der Waals surface area contributed by atoms with Crippen LogP contribution in [0.2, 0.25) is 0 Å². The van der Waals surface area contributed by atoms with Crippen LogP contribution in [0.3, 0.4) is 0 Å². The quantitative estimate of drug-likeness (QED) is 0.565. The summed E-state index contributed by atoms with van der Waals surface area (Å²) >= 11 is 6.50. The van der Waals surface area contributed by atoms with Gasteiger partial charge in [0.1, 0.15) is 4.90 Å². The number of benzene rings is 1. The third-order valence-electron chi connectivity index (χ3n) is 3.06. The number of halogens is 2. The maximum atomic E-state index is 12.4. The Morgan fingerprint density at radius 3 is 2.48 bits per heavy atom. The van der Waals surface area contributed by atoms with Crippen LogP contribution in [0.25, 0.3) is 0 Å². The minimum absolute atomic E-state index is 0.0451. The Kier molecular flexibility index (Phi) is 6.67. The zero-order valence-electron chi connectivity index (χ0n) is 12.0. The lowest BCUT2D eigenvalue weighted by Crippen LogP contribution is -2.34. The molecule has 0 aromatic heterocycles. The van der Waals surface area contributed by atoms with Crippen molar-refractivity contribution in [2.24, 2.45) is 5.41 Å². The van der Waals surface area contributed by atoms with Crippen LogP contribution >= 0.6 is 31.9 Å². The maximum Gasteiger partial charge on any atom is 0.243 e. The summed E-state index contributed by atoms with van der Waals surface area (Å²) in [7, 11) is -3.70. The van der Waals surface area contributed by atoms with Gasteiger partial charge in [0.25, 0.3) is 0 Å². The molecule has 0 aliphatic rings. The normalized spacial score (nSPS) is 12.6. The molecule has 0 fully saturated rings. The van der Waals surface area contributed by atoms with E-state index in [-0.39, 0.29) is 29.1 Å². The number of aliphatic hydroxyl groups is 1. The third-order valence-corrected chi connectivity index (χ3v) is 5.92. The summed E-state index contributed by atoms with van der Waals surface area (Å²) in [6.45, 7) is 4.27. The van der Waals surface area contributed by atoms with E-state index < -0.39 is 10.0 Å². The van der Waals surface area contributed by atoms with Crippen molar-refractivity contribution in [2.75, 3.05) is 18.9 Å². The van der Waals surface area contributed by atoms with Crippen LogP contribution in [0.15, 0.2) is 26.0 Å². The van der Waals surface area contributed by atoms with Gasteiger partial charge in [0.15, 0.2) is 0 Å². The SMILES string of the molecule is CC(C)(CCCO)CNS(=O)(=O)c1c(N)cc(Br)cc1Br. The molecule has 0 unspecified atom stereocenters. The van der Waals surface area contributed by atoms with E-state index in [0.29, 0.717) is 15.4 Å². The van der Waals surface area contributed by atoms with Gasteiger partial charge in [-0.25, -0.2) is 13.1 Å². The molecule has 0 atom stereocenters. The number of rotatable bonds is 7. The van der Waals surface area contributed by atoms with Gasteiger partial charge in [0.2, 0.25) is 10.0 Å². The average Bonchev–Trinajstić information content (AvgIpc) is 2.33. The minimum Gasteiger partial charge on any atom is -0.398 e. The molecule has 8 heteroatoms. The van der Waals surface area contributed by atoms with Crippen LogP contribution in [0.1, 0.15) is 26.7 Å². The smallest absolute Gasteiger partial charge is 0.243 e. The molecule has 1 rings (SSSR count). The summed E-state index contributed by atoms with van der Waals surface area (Å²) in [5.74, 6) is 0. The number of nitrogen functional groups attached to an aromatic ring is 1. The summed E-state index contributed by atoms with van der Waals surface area (Å²) in [6.07, 6.45) is 1.36. The Balaban J connectivity index is 2.93. The second-order valence-electron chi connectivity index (χ2n) is 5.62. The highest BCUT2D eigenvalue weighted by molar-refractivity contribution is 9.11. The van der Waals surface area contributed by atoms with Crippen molar-refractivity contribution in [3.05, 3.63) is 21.1 Å². The van der Waals surface area contributed by atoms with Gasteiger partial charge in [-0.2, -0.15) is 0 Å². The molecule has 4 N–H and O–H groups in total. The molecule has 0 radical (unpaired) electrons. The first-order valence-corrected chi connectivity index (χ1v) is 9.51. The first kappa shape index (κ1) is 18.9. The fourth-order valence-electron chi connectivity index (χ4n) is 1.87. The first-order valence-electron chi connectivity index (χ1n) is 6.44. The Labute approximate surface area is 142 Å². The molecule has 21 heavy (non-hydrogen) atoms. The molecule has 0 aliphatic carbocycles. The van der Waals surface area contributed by atoms with Gasteiger partial charge in [-0.15, -0.1) is 0 Å². The zero-order chi connectivity index (χ0) is 16.3. The highest BCUT2D eigenvalue weighted by Gasteiger charge is 2.25. The number of nitrogens with one attached hydrogen (secondary N) is 1. The summed E-state index contributed by atoms with van der Waals surface area (Å²) in [4.78, 5) is 0.0451. The predicted octanol–water partition coefficient (Wildman–Crippen LogP) is 2.87. The topological polar surface area (TPSA) is 92.4 Å². The Morgan fingerprint density at radius 2 is 1.95 bits per heavy atom. The molecule has 0 amide bonds. The molecule has 0 heterocycles. The highest BCUT2D eigenvalue weighted by Crippen LogP contribution is 2.32. The van der Waals surface area contributed by atoms with Crippen molar-refractivity contribution in [1.82, 2.24) is 4.72 Å². The van der Waals surface area contributed by atoms with Crippen LogP contribution in [0.4, 0.5) is 5.69 Å². The van der Waals surface area contributed by atoms with Crippen LogP contribution in [-0.4, -0.2) is 26.7 Å². The molecular weight excluding hydrogens is 424 g/mol. The van der Waals surface area contributed by atoms with E-state index >= 15 is 0 Å². The summed E-state index contributed by atoms with van der Waals surface area (Å²) < 4.78 is 28.5. The van der Waals surface area contributed by atoms with Gasteiger partial charge < -0.3 is 10.8 Å². The predicted molar refractivity (Wildman–Crippen MR) is 91.5 cm³/mol. The molecule has 1 aromatic rings. The van der Waals surface area contributed by atoms with E-state index in [1.165, 1.54) is 0 Å². The lowest BCUT2D eigenvalue weighted by molar-refractivity contribution is 0.242. The third kappa shape index (κ3) is 5.52. The van der Waals surface area contributed by atoms with E-state index in [4.69, 9.17) is 10.8 Å². The standard InChI is InChI=1S/C13H20Br2N2O3S/c1-13(2,4-3-5-18)8-17-21(19,20)12-10(15)6-9(14)7-11(12)16/h6-7,17-18H,3-5,8,16H2,1-2H3. The molecule has 120 valence electrons. The Hall–Kier alpha value is -0.150. The van der Waals surface area contributed by atoms with Gasteiger partial charge in [0, 0.05) is 22.1 Å².